The maximum Gasteiger partial charge on any atom is 0.416 e. The number of hydrogen-bond donors (Lipinski definition) is 2. The van der Waals surface area contributed by atoms with E-state index in [-0.39, 0.29) is 16.1 Å². The van der Waals surface area contributed by atoms with Crippen molar-refractivity contribution in [1.29, 1.82) is 0 Å². The van der Waals surface area contributed by atoms with Gasteiger partial charge < -0.3 is 5.32 Å². The van der Waals surface area contributed by atoms with Gasteiger partial charge in [-0.15, -0.1) is 0 Å². The van der Waals surface area contributed by atoms with Crippen molar-refractivity contribution in [1.82, 2.24) is 4.98 Å². The number of pyridine rings is 1. The van der Waals surface area contributed by atoms with Crippen LogP contribution in [0.15, 0.2) is 78.0 Å². The van der Waals surface area contributed by atoms with Gasteiger partial charge in [-0.25, -0.2) is 8.42 Å². The lowest BCUT2D eigenvalue weighted by atomic mass is 10.2. The lowest BCUT2D eigenvalue weighted by Gasteiger charge is -2.11. The zero-order valence-corrected chi connectivity index (χ0v) is 15.5. The molecule has 0 aliphatic rings. The zero-order chi connectivity index (χ0) is 21.1. The Morgan fingerprint density at radius 2 is 1.62 bits per heavy atom. The van der Waals surface area contributed by atoms with E-state index in [0.717, 1.165) is 12.1 Å². The molecule has 29 heavy (non-hydrogen) atoms. The smallest absolute Gasteiger partial charge is 0.321 e. The number of amides is 1. The highest BCUT2D eigenvalue weighted by Gasteiger charge is 2.30. The molecule has 2 N–H and O–H groups in total. The Morgan fingerprint density at radius 1 is 0.931 bits per heavy atom. The Balaban J connectivity index is 1.76. The molecule has 1 aromatic heterocycles. The van der Waals surface area contributed by atoms with Gasteiger partial charge in [0.15, 0.2) is 0 Å². The van der Waals surface area contributed by atoms with Gasteiger partial charge in [-0.1, -0.05) is 6.07 Å². The maximum atomic E-state index is 12.8. The molecule has 0 unspecified atom stereocenters. The number of hydrogen-bond acceptors (Lipinski definition) is 4. The normalized spacial score (nSPS) is 11.7. The number of alkyl halides is 3. The monoisotopic (exact) mass is 421 g/mol. The lowest BCUT2D eigenvalue weighted by Crippen LogP contribution is -2.15. The molecule has 0 saturated heterocycles. The predicted molar refractivity (Wildman–Crippen MR) is 101 cm³/mol. The number of nitrogens with one attached hydrogen (secondary N) is 2. The Bertz CT molecular complexity index is 1120. The summed E-state index contributed by atoms with van der Waals surface area (Å²) in [5.41, 5.74) is -0.523. The highest BCUT2D eigenvalue weighted by molar-refractivity contribution is 7.92. The van der Waals surface area contributed by atoms with Crippen LogP contribution in [0.25, 0.3) is 0 Å². The van der Waals surface area contributed by atoms with Crippen molar-refractivity contribution in [3.63, 3.8) is 0 Å². The van der Waals surface area contributed by atoms with Crippen molar-refractivity contribution >= 4 is 27.3 Å². The van der Waals surface area contributed by atoms with Gasteiger partial charge in [0, 0.05) is 17.4 Å². The summed E-state index contributed by atoms with van der Waals surface area (Å²) in [5.74, 6) is -0.465. The molecule has 2 aromatic carbocycles. The number of benzene rings is 2. The van der Waals surface area contributed by atoms with E-state index >= 15 is 0 Å². The molecule has 0 aliphatic carbocycles. The van der Waals surface area contributed by atoms with Crippen LogP contribution in [0.5, 0.6) is 0 Å². The van der Waals surface area contributed by atoms with Crippen molar-refractivity contribution in [3.05, 3.63) is 84.2 Å². The fourth-order valence-electron chi connectivity index (χ4n) is 2.40. The van der Waals surface area contributed by atoms with Gasteiger partial charge in [-0.3, -0.25) is 14.5 Å². The largest absolute Gasteiger partial charge is 0.416 e. The summed E-state index contributed by atoms with van der Waals surface area (Å²) >= 11 is 0. The first-order chi connectivity index (χ1) is 13.6. The van der Waals surface area contributed by atoms with E-state index in [1.807, 2.05) is 0 Å². The average Bonchev–Trinajstić information content (AvgIpc) is 2.68. The second-order valence-corrected chi connectivity index (χ2v) is 7.59. The molecule has 3 aromatic rings. The Morgan fingerprint density at radius 3 is 2.24 bits per heavy atom. The fourth-order valence-corrected chi connectivity index (χ4v) is 3.45. The fraction of sp³-hybridized carbons (Fsp3) is 0.0526. The van der Waals surface area contributed by atoms with E-state index in [2.05, 4.69) is 15.0 Å². The summed E-state index contributed by atoms with van der Waals surface area (Å²) in [7, 11) is -4.14. The van der Waals surface area contributed by atoms with Crippen LogP contribution in [0.1, 0.15) is 15.9 Å². The van der Waals surface area contributed by atoms with E-state index < -0.39 is 27.7 Å². The summed E-state index contributed by atoms with van der Waals surface area (Å²) < 4.78 is 65.3. The third-order valence-electron chi connectivity index (χ3n) is 3.79. The SMILES string of the molecule is O=C(Nc1cccnc1)c1ccc(S(=O)(=O)Nc2cccc(C(F)(F)F)c2)cc1. The highest BCUT2D eigenvalue weighted by Crippen LogP contribution is 2.31. The van der Waals surface area contributed by atoms with Crippen molar-refractivity contribution < 1.29 is 26.4 Å². The van der Waals surface area contributed by atoms with Gasteiger partial charge in [0.2, 0.25) is 0 Å². The van der Waals surface area contributed by atoms with E-state index in [9.17, 15) is 26.4 Å². The van der Waals surface area contributed by atoms with Crippen LogP contribution < -0.4 is 10.0 Å². The second kappa shape index (κ2) is 7.92. The van der Waals surface area contributed by atoms with E-state index in [1.54, 1.807) is 18.3 Å². The third-order valence-corrected chi connectivity index (χ3v) is 5.19. The summed E-state index contributed by atoms with van der Waals surface area (Å²) in [5, 5.41) is 2.60. The molecule has 1 heterocycles. The summed E-state index contributed by atoms with van der Waals surface area (Å²) in [6, 6.07) is 12.1. The highest BCUT2D eigenvalue weighted by atomic mass is 32.2. The molecule has 0 aliphatic heterocycles. The van der Waals surface area contributed by atoms with Crippen LogP contribution >= 0.6 is 0 Å². The first kappa shape index (κ1) is 20.3. The van der Waals surface area contributed by atoms with Crippen LogP contribution in [0.4, 0.5) is 24.5 Å². The number of aromatic nitrogens is 1. The number of carbonyl (C=O) groups is 1. The molecular weight excluding hydrogens is 407 g/mol. The number of anilines is 2. The van der Waals surface area contributed by atoms with Crippen LogP contribution in [0.3, 0.4) is 0 Å². The molecule has 3 rings (SSSR count). The summed E-state index contributed by atoms with van der Waals surface area (Å²) in [6.45, 7) is 0. The second-order valence-electron chi connectivity index (χ2n) is 5.90. The van der Waals surface area contributed by atoms with E-state index in [0.29, 0.717) is 11.8 Å². The number of sulfonamides is 1. The zero-order valence-electron chi connectivity index (χ0n) is 14.6. The molecule has 0 bridgehead atoms. The standard InChI is InChI=1S/C19H14F3N3O3S/c20-19(21,22)14-3-1-4-15(11-14)25-29(27,28)17-8-6-13(7-9-17)18(26)24-16-5-2-10-23-12-16/h1-12,25H,(H,24,26). The van der Waals surface area contributed by atoms with E-state index in [4.69, 9.17) is 0 Å². The molecule has 0 spiro atoms. The Kier molecular flexibility index (Phi) is 5.55. The first-order valence-corrected chi connectivity index (χ1v) is 9.65. The topological polar surface area (TPSA) is 88.2 Å². The molecule has 10 heteroatoms. The van der Waals surface area contributed by atoms with Gasteiger partial charge in [0.05, 0.1) is 22.3 Å². The summed E-state index contributed by atoms with van der Waals surface area (Å²) in [4.78, 5) is 15.9. The Hall–Kier alpha value is -3.40. The maximum absolute atomic E-state index is 12.8. The van der Waals surface area contributed by atoms with Gasteiger partial charge >= 0.3 is 6.18 Å². The Labute approximate surface area is 164 Å². The molecule has 1 amide bonds. The van der Waals surface area contributed by atoms with E-state index in [1.165, 1.54) is 36.5 Å². The molecule has 150 valence electrons. The number of halogens is 3. The van der Waals surface area contributed by atoms with Crippen LogP contribution in [-0.2, 0) is 16.2 Å². The number of rotatable bonds is 5. The molecule has 0 atom stereocenters. The number of carbonyl (C=O) groups excluding carboxylic acids is 1. The molecule has 0 fully saturated rings. The van der Waals surface area contributed by atoms with Gasteiger partial charge in [-0.2, -0.15) is 13.2 Å². The van der Waals surface area contributed by atoms with Crippen molar-refractivity contribution in [3.8, 4) is 0 Å². The van der Waals surface area contributed by atoms with Crippen molar-refractivity contribution in [2.75, 3.05) is 10.0 Å². The summed E-state index contributed by atoms with van der Waals surface area (Å²) in [6.07, 6.45) is -1.59. The minimum absolute atomic E-state index is 0.201. The lowest BCUT2D eigenvalue weighted by molar-refractivity contribution is -0.137. The van der Waals surface area contributed by atoms with Crippen LogP contribution in [-0.4, -0.2) is 19.3 Å². The van der Waals surface area contributed by atoms with Gasteiger partial charge in [-0.05, 0) is 54.6 Å². The van der Waals surface area contributed by atoms with Gasteiger partial charge in [0.1, 0.15) is 0 Å². The minimum Gasteiger partial charge on any atom is -0.321 e. The van der Waals surface area contributed by atoms with Crippen LogP contribution in [0, 0.1) is 0 Å². The van der Waals surface area contributed by atoms with Crippen molar-refractivity contribution in [2.45, 2.75) is 11.1 Å². The quantitative estimate of drug-likeness (QED) is 0.648. The van der Waals surface area contributed by atoms with Crippen molar-refractivity contribution in [2.24, 2.45) is 0 Å². The average molecular weight is 421 g/mol. The van der Waals surface area contributed by atoms with Gasteiger partial charge in [0.25, 0.3) is 15.9 Å². The predicted octanol–water partition coefficient (Wildman–Crippen LogP) is 4.15. The first-order valence-electron chi connectivity index (χ1n) is 8.17. The molecule has 0 radical (unpaired) electrons. The third kappa shape index (κ3) is 5.11. The molecule has 6 nitrogen and oxygen atoms in total. The number of nitrogens with zero attached hydrogens (tertiary/aromatic N) is 1. The molecular formula is C19H14F3N3O3S. The minimum atomic E-state index is -4.59. The van der Waals surface area contributed by atoms with Crippen LogP contribution in [0.2, 0.25) is 0 Å². The molecule has 0 saturated carbocycles.